The maximum absolute atomic E-state index is 12.2. The van der Waals surface area contributed by atoms with Gasteiger partial charge >= 0.3 is 6.18 Å². The van der Waals surface area contributed by atoms with Crippen LogP contribution in [0.4, 0.5) is 13.2 Å². The highest BCUT2D eigenvalue weighted by Gasteiger charge is 2.41. The summed E-state index contributed by atoms with van der Waals surface area (Å²) in [5.74, 6) is -2.26. The van der Waals surface area contributed by atoms with E-state index in [1.54, 1.807) is 20.8 Å². The maximum Gasteiger partial charge on any atom is 0.389 e. The predicted molar refractivity (Wildman–Crippen MR) is 92.9 cm³/mol. The van der Waals surface area contributed by atoms with Crippen LogP contribution in [0.15, 0.2) is 11.8 Å². The van der Waals surface area contributed by atoms with Gasteiger partial charge in [0.05, 0.1) is 12.3 Å². The normalized spacial score (nSPS) is 14.2. The number of ketones is 1. The zero-order valence-corrected chi connectivity index (χ0v) is 16.5. The standard InChI is InChI=1S/C16H27F3N2O4S/c1-14(2,3)12(20)9-11(22)10-21-13(23)15(4,5)26(24,25)8-6-7-16(17,18)19/h9H,6-8,10,20H2,1-5H3,(H,21,23). The Balaban J connectivity index is 4.89. The molecule has 0 heterocycles. The van der Waals surface area contributed by atoms with E-state index in [1.165, 1.54) is 0 Å². The Kier molecular flexibility index (Phi) is 7.90. The maximum atomic E-state index is 12.2. The zero-order chi connectivity index (χ0) is 21.0. The van der Waals surface area contributed by atoms with Crippen LogP contribution in [0, 0.1) is 5.41 Å². The number of alkyl halides is 3. The lowest BCUT2D eigenvalue weighted by molar-refractivity contribution is -0.134. The number of hydrogen-bond acceptors (Lipinski definition) is 5. The van der Waals surface area contributed by atoms with Gasteiger partial charge in [-0.25, -0.2) is 8.42 Å². The Hall–Kier alpha value is -1.58. The zero-order valence-electron chi connectivity index (χ0n) is 15.7. The molecule has 10 heteroatoms. The summed E-state index contributed by atoms with van der Waals surface area (Å²) in [6.07, 6.45) is -5.19. The van der Waals surface area contributed by atoms with E-state index in [1.807, 2.05) is 0 Å². The van der Waals surface area contributed by atoms with Crippen LogP contribution in [0.1, 0.15) is 47.5 Å². The average molecular weight is 400 g/mol. The number of amides is 1. The number of carbonyl (C=O) groups excluding carboxylic acids is 2. The van der Waals surface area contributed by atoms with Crippen molar-refractivity contribution in [2.24, 2.45) is 11.1 Å². The lowest BCUT2D eigenvalue weighted by Gasteiger charge is -2.24. The number of rotatable bonds is 8. The first-order valence-electron chi connectivity index (χ1n) is 7.98. The van der Waals surface area contributed by atoms with E-state index in [2.05, 4.69) is 5.32 Å². The highest BCUT2D eigenvalue weighted by atomic mass is 32.2. The molecular formula is C16H27F3N2O4S. The van der Waals surface area contributed by atoms with Crippen molar-refractivity contribution in [2.45, 2.75) is 58.4 Å². The highest BCUT2D eigenvalue weighted by molar-refractivity contribution is 7.93. The SMILES string of the molecule is CC(C)(C)C(N)=CC(=O)CNC(=O)C(C)(C)S(=O)(=O)CCCC(F)(F)F. The second-order valence-electron chi connectivity index (χ2n) is 7.55. The van der Waals surface area contributed by atoms with Crippen molar-refractivity contribution in [1.29, 1.82) is 0 Å². The van der Waals surface area contributed by atoms with Crippen molar-refractivity contribution in [1.82, 2.24) is 5.32 Å². The van der Waals surface area contributed by atoms with E-state index >= 15 is 0 Å². The lowest BCUT2D eigenvalue weighted by atomic mass is 9.91. The second-order valence-corrected chi connectivity index (χ2v) is 10.2. The molecule has 0 aromatic heterocycles. The van der Waals surface area contributed by atoms with Gasteiger partial charge in [0, 0.05) is 23.6 Å². The molecule has 0 unspecified atom stereocenters. The van der Waals surface area contributed by atoms with E-state index in [9.17, 15) is 31.2 Å². The largest absolute Gasteiger partial charge is 0.402 e. The van der Waals surface area contributed by atoms with Crippen molar-refractivity contribution in [3.05, 3.63) is 11.8 Å². The Morgan fingerprint density at radius 1 is 1.08 bits per heavy atom. The Labute approximate surface area is 152 Å². The number of nitrogens with one attached hydrogen (secondary N) is 1. The van der Waals surface area contributed by atoms with E-state index < -0.39 is 63.0 Å². The molecule has 1 amide bonds. The third-order valence-corrected chi connectivity index (χ3v) is 6.37. The van der Waals surface area contributed by atoms with Gasteiger partial charge < -0.3 is 11.1 Å². The van der Waals surface area contributed by atoms with Gasteiger partial charge in [-0.05, 0) is 20.3 Å². The quantitative estimate of drug-likeness (QED) is 0.607. The number of hydrogen-bond donors (Lipinski definition) is 2. The van der Waals surface area contributed by atoms with E-state index in [-0.39, 0.29) is 0 Å². The van der Waals surface area contributed by atoms with E-state index in [0.29, 0.717) is 5.70 Å². The second kappa shape index (κ2) is 8.41. The molecule has 0 bridgehead atoms. The molecule has 0 fully saturated rings. The van der Waals surface area contributed by atoms with Gasteiger partial charge in [-0.15, -0.1) is 0 Å². The van der Waals surface area contributed by atoms with Crippen LogP contribution in [-0.4, -0.2) is 43.3 Å². The lowest BCUT2D eigenvalue weighted by Crippen LogP contribution is -2.50. The number of allylic oxidation sites excluding steroid dienone is 1. The molecule has 0 aromatic rings. The number of carbonyl (C=O) groups is 2. The van der Waals surface area contributed by atoms with Crippen molar-refractivity contribution >= 4 is 21.5 Å². The van der Waals surface area contributed by atoms with Gasteiger partial charge in [0.15, 0.2) is 15.6 Å². The van der Waals surface area contributed by atoms with Crippen molar-refractivity contribution in [3.8, 4) is 0 Å². The summed E-state index contributed by atoms with van der Waals surface area (Å²) in [5.41, 5.74) is 5.60. The first kappa shape index (κ1) is 24.4. The molecule has 26 heavy (non-hydrogen) atoms. The minimum Gasteiger partial charge on any atom is -0.402 e. The highest BCUT2D eigenvalue weighted by Crippen LogP contribution is 2.25. The molecule has 3 N–H and O–H groups in total. The van der Waals surface area contributed by atoms with Crippen molar-refractivity contribution < 1.29 is 31.2 Å². The summed E-state index contributed by atoms with van der Waals surface area (Å²) in [5, 5.41) is 2.20. The van der Waals surface area contributed by atoms with Gasteiger partial charge in [0.2, 0.25) is 5.91 Å². The van der Waals surface area contributed by atoms with Crippen LogP contribution in [0.5, 0.6) is 0 Å². The monoisotopic (exact) mass is 400 g/mol. The molecule has 0 rings (SSSR count). The molecule has 0 radical (unpaired) electrons. The summed E-state index contributed by atoms with van der Waals surface area (Å²) in [6, 6.07) is 0. The van der Waals surface area contributed by atoms with E-state index in [4.69, 9.17) is 5.73 Å². The van der Waals surface area contributed by atoms with Gasteiger partial charge in [0.25, 0.3) is 0 Å². The van der Waals surface area contributed by atoms with Gasteiger partial charge in [0.1, 0.15) is 4.75 Å². The fraction of sp³-hybridized carbons (Fsp3) is 0.750. The summed E-state index contributed by atoms with van der Waals surface area (Å²) < 4.78 is 58.9. The van der Waals surface area contributed by atoms with Crippen molar-refractivity contribution in [2.75, 3.05) is 12.3 Å². The summed E-state index contributed by atoms with van der Waals surface area (Å²) >= 11 is 0. The minimum absolute atomic E-state index is 0.302. The van der Waals surface area contributed by atoms with Crippen LogP contribution in [0.2, 0.25) is 0 Å². The molecule has 6 nitrogen and oxygen atoms in total. The molecule has 0 saturated carbocycles. The Morgan fingerprint density at radius 3 is 2.00 bits per heavy atom. The molecule has 0 aliphatic carbocycles. The van der Waals surface area contributed by atoms with Crippen molar-refractivity contribution in [3.63, 3.8) is 0 Å². The molecule has 0 aliphatic heterocycles. The van der Waals surface area contributed by atoms with Crippen LogP contribution in [0.3, 0.4) is 0 Å². The minimum atomic E-state index is -4.46. The summed E-state index contributed by atoms with van der Waals surface area (Å²) in [4.78, 5) is 24.0. The van der Waals surface area contributed by atoms with Crippen LogP contribution >= 0.6 is 0 Å². The molecule has 0 aliphatic rings. The fourth-order valence-electron chi connectivity index (χ4n) is 1.68. The smallest absolute Gasteiger partial charge is 0.389 e. The van der Waals surface area contributed by atoms with Gasteiger partial charge in [-0.2, -0.15) is 13.2 Å². The molecule has 0 atom stereocenters. The fourth-order valence-corrected chi connectivity index (χ4v) is 3.07. The summed E-state index contributed by atoms with van der Waals surface area (Å²) in [7, 11) is -4.14. The number of sulfone groups is 1. The Bertz CT molecular complexity index is 660. The van der Waals surface area contributed by atoms with Gasteiger partial charge in [-0.1, -0.05) is 20.8 Å². The van der Waals surface area contributed by atoms with Gasteiger partial charge in [-0.3, -0.25) is 9.59 Å². The first-order chi connectivity index (χ1) is 11.4. The number of halogens is 3. The molecule has 0 spiro atoms. The molecule has 0 aromatic carbocycles. The third kappa shape index (κ3) is 7.76. The first-order valence-corrected chi connectivity index (χ1v) is 9.63. The number of nitrogens with two attached hydrogens (primary N) is 1. The predicted octanol–water partition coefficient (Wildman–Crippen LogP) is 2.10. The van der Waals surface area contributed by atoms with Crippen LogP contribution in [-0.2, 0) is 19.4 Å². The average Bonchev–Trinajstić information content (AvgIpc) is 2.41. The third-order valence-electron chi connectivity index (χ3n) is 3.80. The molecular weight excluding hydrogens is 373 g/mol. The molecule has 0 saturated heterocycles. The topological polar surface area (TPSA) is 106 Å². The Morgan fingerprint density at radius 2 is 1.58 bits per heavy atom. The van der Waals surface area contributed by atoms with E-state index in [0.717, 1.165) is 19.9 Å². The van der Waals surface area contributed by atoms with Crippen LogP contribution < -0.4 is 11.1 Å². The van der Waals surface area contributed by atoms with Crippen LogP contribution in [0.25, 0.3) is 0 Å². The summed E-state index contributed by atoms with van der Waals surface area (Å²) in [6.45, 7) is 7.10. The molecule has 152 valence electrons.